The van der Waals surface area contributed by atoms with E-state index >= 15 is 0 Å². The van der Waals surface area contributed by atoms with E-state index < -0.39 is 0 Å². The van der Waals surface area contributed by atoms with Crippen molar-refractivity contribution in [3.8, 4) is 0 Å². The predicted octanol–water partition coefficient (Wildman–Crippen LogP) is 3.35. The first-order valence-corrected chi connectivity index (χ1v) is 8.40. The van der Waals surface area contributed by atoms with E-state index in [9.17, 15) is 4.39 Å². The molecule has 2 aliphatic rings. The van der Waals surface area contributed by atoms with E-state index in [4.69, 9.17) is 0 Å². The van der Waals surface area contributed by atoms with Crippen LogP contribution in [0.1, 0.15) is 36.8 Å². The molecule has 0 saturated carbocycles. The molecule has 3 rings (SSSR count). The summed E-state index contributed by atoms with van der Waals surface area (Å²) < 4.78 is 13.9. The molecule has 1 aromatic rings. The zero-order chi connectivity index (χ0) is 14.7. The van der Waals surface area contributed by atoms with Gasteiger partial charge in [0.1, 0.15) is 5.82 Å². The molecule has 0 aliphatic carbocycles. The Bertz CT molecular complexity index is 460. The van der Waals surface area contributed by atoms with E-state index in [-0.39, 0.29) is 5.82 Å². The van der Waals surface area contributed by atoms with Crippen LogP contribution in [0, 0.1) is 24.6 Å². The largest absolute Gasteiger partial charge is 0.317 e. The molecule has 2 fully saturated rings. The van der Waals surface area contributed by atoms with Crippen LogP contribution in [0.5, 0.6) is 0 Å². The molecule has 0 bridgehead atoms. The minimum atomic E-state index is -0.0546. The van der Waals surface area contributed by atoms with Crippen molar-refractivity contribution < 1.29 is 4.39 Å². The average Bonchev–Trinajstić information content (AvgIpc) is 2.53. The van der Waals surface area contributed by atoms with Gasteiger partial charge in [0.2, 0.25) is 0 Å². The van der Waals surface area contributed by atoms with Crippen LogP contribution in [-0.4, -0.2) is 31.1 Å². The van der Waals surface area contributed by atoms with Gasteiger partial charge in [0.15, 0.2) is 0 Å². The van der Waals surface area contributed by atoms with Crippen LogP contribution in [-0.2, 0) is 6.54 Å². The van der Waals surface area contributed by atoms with Gasteiger partial charge in [-0.2, -0.15) is 0 Å². The molecule has 0 unspecified atom stereocenters. The number of nitrogens with one attached hydrogen (secondary N) is 1. The topological polar surface area (TPSA) is 15.3 Å². The molecule has 21 heavy (non-hydrogen) atoms. The van der Waals surface area contributed by atoms with Crippen LogP contribution in [0.4, 0.5) is 4.39 Å². The smallest absolute Gasteiger partial charge is 0.127 e. The molecule has 0 atom stereocenters. The highest BCUT2D eigenvalue weighted by Crippen LogP contribution is 2.31. The van der Waals surface area contributed by atoms with Gasteiger partial charge in [0.25, 0.3) is 0 Å². The summed E-state index contributed by atoms with van der Waals surface area (Å²) in [4.78, 5) is 2.43. The van der Waals surface area contributed by atoms with Crippen LogP contribution in [0.2, 0.25) is 0 Å². The zero-order valence-corrected chi connectivity index (χ0v) is 13.1. The van der Waals surface area contributed by atoms with Crippen molar-refractivity contribution in [2.75, 3.05) is 26.2 Å². The number of hydrogen-bond donors (Lipinski definition) is 1. The molecule has 3 heteroatoms. The number of piperidine rings is 2. The van der Waals surface area contributed by atoms with Gasteiger partial charge in [-0.25, -0.2) is 4.39 Å². The van der Waals surface area contributed by atoms with Gasteiger partial charge in [-0.3, -0.25) is 4.90 Å². The molecular weight excluding hydrogens is 263 g/mol. The van der Waals surface area contributed by atoms with E-state index in [0.717, 1.165) is 42.6 Å². The quantitative estimate of drug-likeness (QED) is 0.918. The fourth-order valence-electron chi connectivity index (χ4n) is 3.96. The number of rotatable bonds is 3. The van der Waals surface area contributed by atoms with Crippen LogP contribution in [0.25, 0.3) is 0 Å². The van der Waals surface area contributed by atoms with Crippen molar-refractivity contribution in [3.05, 3.63) is 35.1 Å². The Balaban J connectivity index is 1.52. The third-order valence-corrected chi connectivity index (χ3v) is 5.28. The van der Waals surface area contributed by atoms with Crippen molar-refractivity contribution in [3.63, 3.8) is 0 Å². The summed E-state index contributed by atoms with van der Waals surface area (Å²) in [6.07, 6.45) is 5.27. The second kappa shape index (κ2) is 6.89. The first-order valence-electron chi connectivity index (χ1n) is 8.40. The maximum atomic E-state index is 13.9. The molecule has 2 aliphatic heterocycles. The average molecular weight is 290 g/mol. The predicted molar refractivity (Wildman–Crippen MR) is 84.7 cm³/mol. The Kier molecular flexibility index (Phi) is 4.91. The van der Waals surface area contributed by atoms with Gasteiger partial charge in [-0.15, -0.1) is 0 Å². The first-order chi connectivity index (χ1) is 10.2. The number of likely N-dealkylation sites (tertiary alicyclic amines) is 1. The lowest BCUT2D eigenvalue weighted by molar-refractivity contribution is 0.125. The molecule has 2 heterocycles. The summed E-state index contributed by atoms with van der Waals surface area (Å²) >= 11 is 0. The second-order valence-corrected chi connectivity index (χ2v) is 6.80. The monoisotopic (exact) mass is 290 g/mol. The molecular formula is C18H27FN2. The third kappa shape index (κ3) is 3.83. The van der Waals surface area contributed by atoms with Gasteiger partial charge in [0.05, 0.1) is 0 Å². The molecule has 0 radical (unpaired) electrons. The summed E-state index contributed by atoms with van der Waals surface area (Å²) in [6.45, 7) is 7.45. The van der Waals surface area contributed by atoms with Crippen molar-refractivity contribution >= 4 is 0 Å². The maximum absolute atomic E-state index is 13.9. The number of hydrogen-bond acceptors (Lipinski definition) is 2. The minimum Gasteiger partial charge on any atom is -0.317 e. The van der Waals surface area contributed by atoms with Crippen molar-refractivity contribution in [2.24, 2.45) is 11.8 Å². The standard InChI is InChI=1S/C18H27FN2/c1-14-2-3-18(19)17(12-14)13-21-10-6-16(7-11-21)15-4-8-20-9-5-15/h2-3,12,15-16,20H,4-11,13H2,1H3. The molecule has 1 N–H and O–H groups in total. The van der Waals surface area contributed by atoms with Crippen molar-refractivity contribution in [2.45, 2.75) is 39.2 Å². The fraction of sp³-hybridized carbons (Fsp3) is 0.667. The normalized spacial score (nSPS) is 22.6. The highest BCUT2D eigenvalue weighted by Gasteiger charge is 2.27. The van der Waals surface area contributed by atoms with E-state index in [1.807, 2.05) is 19.1 Å². The minimum absolute atomic E-state index is 0.0546. The van der Waals surface area contributed by atoms with E-state index in [0.29, 0.717) is 0 Å². The van der Waals surface area contributed by atoms with E-state index in [1.54, 1.807) is 6.07 Å². The summed E-state index contributed by atoms with van der Waals surface area (Å²) in [5.41, 5.74) is 2.01. The molecule has 0 spiro atoms. The van der Waals surface area contributed by atoms with Crippen molar-refractivity contribution in [1.29, 1.82) is 0 Å². The molecule has 0 aromatic heterocycles. The van der Waals surface area contributed by atoms with Crippen LogP contribution in [0.3, 0.4) is 0 Å². The summed E-state index contributed by atoms with van der Waals surface area (Å²) in [7, 11) is 0. The fourth-order valence-corrected chi connectivity index (χ4v) is 3.96. The van der Waals surface area contributed by atoms with E-state index in [2.05, 4.69) is 10.2 Å². The highest BCUT2D eigenvalue weighted by molar-refractivity contribution is 5.24. The van der Waals surface area contributed by atoms with Gasteiger partial charge < -0.3 is 5.32 Å². The molecule has 116 valence electrons. The van der Waals surface area contributed by atoms with Crippen LogP contribution < -0.4 is 5.32 Å². The highest BCUT2D eigenvalue weighted by atomic mass is 19.1. The number of nitrogens with zero attached hydrogens (tertiary/aromatic N) is 1. The Labute approximate surface area is 127 Å². The lowest BCUT2D eigenvalue weighted by atomic mass is 9.79. The summed E-state index contributed by atoms with van der Waals surface area (Å²) in [5.74, 6) is 1.76. The molecule has 1 aromatic carbocycles. The second-order valence-electron chi connectivity index (χ2n) is 6.80. The number of benzene rings is 1. The Morgan fingerprint density at radius 3 is 2.48 bits per heavy atom. The Hall–Kier alpha value is -0.930. The number of aryl methyl sites for hydroxylation is 1. The lowest BCUT2D eigenvalue weighted by Gasteiger charge is -2.37. The van der Waals surface area contributed by atoms with Gasteiger partial charge in [0, 0.05) is 12.1 Å². The van der Waals surface area contributed by atoms with Gasteiger partial charge in [-0.05, 0) is 76.7 Å². The third-order valence-electron chi connectivity index (χ3n) is 5.28. The Morgan fingerprint density at radius 2 is 1.76 bits per heavy atom. The number of halogens is 1. The summed E-state index contributed by atoms with van der Waals surface area (Å²) in [5, 5.41) is 3.45. The van der Waals surface area contributed by atoms with Crippen LogP contribution in [0.15, 0.2) is 18.2 Å². The lowest BCUT2D eigenvalue weighted by Crippen LogP contribution is -2.39. The molecule has 0 amide bonds. The Morgan fingerprint density at radius 1 is 1.10 bits per heavy atom. The van der Waals surface area contributed by atoms with Gasteiger partial charge in [-0.1, -0.05) is 17.7 Å². The van der Waals surface area contributed by atoms with Crippen molar-refractivity contribution in [1.82, 2.24) is 10.2 Å². The van der Waals surface area contributed by atoms with Crippen LogP contribution >= 0.6 is 0 Å². The SMILES string of the molecule is Cc1ccc(F)c(CN2CCC(C3CCNCC3)CC2)c1. The molecule has 2 saturated heterocycles. The maximum Gasteiger partial charge on any atom is 0.127 e. The first kappa shape index (κ1) is 15.0. The van der Waals surface area contributed by atoms with Gasteiger partial charge >= 0.3 is 0 Å². The zero-order valence-electron chi connectivity index (χ0n) is 13.1. The van der Waals surface area contributed by atoms with E-state index in [1.165, 1.54) is 38.8 Å². The summed E-state index contributed by atoms with van der Waals surface area (Å²) in [6, 6.07) is 5.45. The molecule has 2 nitrogen and oxygen atoms in total.